The third-order valence-electron chi connectivity index (χ3n) is 2.59. The number of rotatable bonds is 2. The summed E-state index contributed by atoms with van der Waals surface area (Å²) in [4.78, 5) is 11.4. The van der Waals surface area contributed by atoms with Crippen LogP contribution in [-0.2, 0) is 6.54 Å². The molecule has 18 heavy (non-hydrogen) atoms. The van der Waals surface area contributed by atoms with Crippen molar-refractivity contribution in [2.45, 2.75) is 25.0 Å². The number of alkyl halides is 4. The molecule has 1 atom stereocenters. The van der Waals surface area contributed by atoms with Gasteiger partial charge in [-0.1, -0.05) is 6.07 Å². The van der Waals surface area contributed by atoms with E-state index < -0.39 is 17.3 Å². The van der Waals surface area contributed by atoms with E-state index in [0.29, 0.717) is 12.1 Å². The summed E-state index contributed by atoms with van der Waals surface area (Å²) in [7, 11) is 0. The Morgan fingerprint density at radius 2 is 2.11 bits per heavy atom. The molecule has 0 aliphatic rings. The van der Waals surface area contributed by atoms with Gasteiger partial charge >= 0.3 is 11.9 Å². The molecule has 1 unspecified atom stereocenters. The molecular formula is C11H9ClF3NO2. The van der Waals surface area contributed by atoms with Gasteiger partial charge in [-0.2, -0.15) is 13.2 Å². The highest BCUT2D eigenvalue weighted by Gasteiger charge is 2.39. The minimum Gasteiger partial charge on any atom is -0.408 e. The molecule has 0 bridgehead atoms. The highest BCUT2D eigenvalue weighted by molar-refractivity contribution is 6.21. The molecule has 0 saturated carbocycles. The Balaban J connectivity index is 2.56. The van der Waals surface area contributed by atoms with E-state index in [-0.39, 0.29) is 11.1 Å². The van der Waals surface area contributed by atoms with Crippen molar-refractivity contribution in [2.24, 2.45) is 0 Å². The monoisotopic (exact) mass is 279 g/mol. The molecule has 98 valence electrons. The fourth-order valence-corrected chi connectivity index (χ4v) is 1.86. The van der Waals surface area contributed by atoms with E-state index >= 15 is 0 Å². The predicted octanol–water partition coefficient (Wildman–Crippen LogP) is 3.46. The number of aryl methyl sites for hydroxylation is 1. The zero-order valence-corrected chi connectivity index (χ0v) is 10.0. The lowest BCUT2D eigenvalue weighted by atomic mass is 10.1. The summed E-state index contributed by atoms with van der Waals surface area (Å²) in [5.74, 6) is -0.595. The summed E-state index contributed by atoms with van der Waals surface area (Å²) in [6.45, 7) is 2.12. The van der Waals surface area contributed by atoms with Gasteiger partial charge in [0.1, 0.15) is 0 Å². The van der Waals surface area contributed by atoms with Crippen molar-refractivity contribution in [3.05, 3.63) is 34.3 Å². The van der Waals surface area contributed by atoms with Crippen LogP contribution in [0.3, 0.4) is 0 Å². The van der Waals surface area contributed by atoms with Crippen LogP contribution in [0.4, 0.5) is 13.2 Å². The summed E-state index contributed by atoms with van der Waals surface area (Å²) in [5.41, 5.74) is 0.417. The van der Waals surface area contributed by atoms with Gasteiger partial charge in [-0.05, 0) is 24.6 Å². The van der Waals surface area contributed by atoms with Crippen molar-refractivity contribution >= 4 is 22.7 Å². The highest BCUT2D eigenvalue weighted by atomic mass is 35.5. The molecule has 0 aliphatic carbocycles. The van der Waals surface area contributed by atoms with Crippen molar-refractivity contribution < 1.29 is 17.6 Å². The van der Waals surface area contributed by atoms with Gasteiger partial charge in [0.2, 0.25) is 0 Å². The van der Waals surface area contributed by atoms with Crippen molar-refractivity contribution in [1.82, 2.24) is 4.57 Å². The van der Waals surface area contributed by atoms with Gasteiger partial charge in [0.05, 0.1) is 5.52 Å². The Bertz CT molecular complexity index is 629. The van der Waals surface area contributed by atoms with E-state index in [1.54, 1.807) is 6.92 Å². The molecule has 1 aromatic heterocycles. The Morgan fingerprint density at radius 3 is 2.67 bits per heavy atom. The first kappa shape index (κ1) is 13.0. The minimum absolute atomic E-state index is 0.106. The number of benzene rings is 1. The Labute approximate surface area is 105 Å². The van der Waals surface area contributed by atoms with Crippen molar-refractivity contribution in [1.29, 1.82) is 0 Å². The largest absolute Gasteiger partial charge is 0.419 e. The topological polar surface area (TPSA) is 35.1 Å². The van der Waals surface area contributed by atoms with Gasteiger partial charge in [-0.25, -0.2) is 4.79 Å². The van der Waals surface area contributed by atoms with Crippen LogP contribution in [0.15, 0.2) is 27.4 Å². The zero-order valence-electron chi connectivity index (χ0n) is 9.29. The van der Waals surface area contributed by atoms with Crippen LogP contribution in [0.25, 0.3) is 11.1 Å². The lowest BCUT2D eigenvalue weighted by Gasteiger charge is -2.13. The molecule has 7 heteroatoms. The number of halogens is 4. The SMILES string of the molecule is CCn1c(=O)oc2cc(C(Cl)C(F)(F)F)ccc21. The highest BCUT2D eigenvalue weighted by Crippen LogP contribution is 2.38. The van der Waals surface area contributed by atoms with Gasteiger partial charge in [-0.15, -0.1) is 11.6 Å². The molecule has 2 aromatic rings. The first-order valence-corrected chi connectivity index (χ1v) is 5.62. The molecule has 0 radical (unpaired) electrons. The van der Waals surface area contributed by atoms with Crippen molar-refractivity contribution in [2.75, 3.05) is 0 Å². The number of fused-ring (bicyclic) bond motifs is 1. The first-order valence-electron chi connectivity index (χ1n) is 5.18. The summed E-state index contributed by atoms with van der Waals surface area (Å²) in [6.07, 6.45) is -4.54. The van der Waals surface area contributed by atoms with Crippen molar-refractivity contribution in [3.63, 3.8) is 0 Å². The fraction of sp³-hybridized carbons (Fsp3) is 0.364. The third kappa shape index (κ3) is 2.12. The average Bonchev–Trinajstić information content (AvgIpc) is 2.60. The van der Waals surface area contributed by atoms with Crippen LogP contribution in [-0.4, -0.2) is 10.7 Å². The second-order valence-electron chi connectivity index (χ2n) is 3.74. The van der Waals surface area contributed by atoms with Crippen LogP contribution in [0, 0.1) is 0 Å². The molecule has 0 saturated heterocycles. The molecular weight excluding hydrogens is 271 g/mol. The maximum absolute atomic E-state index is 12.5. The summed E-state index contributed by atoms with van der Waals surface area (Å²) < 4.78 is 43.6. The number of oxazole rings is 1. The van der Waals surface area contributed by atoms with Crippen LogP contribution in [0.2, 0.25) is 0 Å². The van der Waals surface area contributed by atoms with E-state index in [1.165, 1.54) is 16.7 Å². The first-order chi connectivity index (χ1) is 8.34. The maximum atomic E-state index is 12.5. The number of hydrogen-bond acceptors (Lipinski definition) is 2. The fourth-order valence-electron chi connectivity index (χ4n) is 1.73. The summed E-state index contributed by atoms with van der Waals surface area (Å²) in [5, 5.41) is -2.11. The lowest BCUT2D eigenvalue weighted by Crippen LogP contribution is -2.15. The van der Waals surface area contributed by atoms with Crippen LogP contribution in [0.1, 0.15) is 17.9 Å². The normalized spacial score (nSPS) is 14.1. The lowest BCUT2D eigenvalue weighted by molar-refractivity contribution is -0.131. The molecule has 0 amide bonds. The quantitative estimate of drug-likeness (QED) is 0.789. The molecule has 0 spiro atoms. The number of aromatic nitrogens is 1. The van der Waals surface area contributed by atoms with E-state index in [1.807, 2.05) is 0 Å². The van der Waals surface area contributed by atoms with E-state index in [2.05, 4.69) is 0 Å². The Morgan fingerprint density at radius 1 is 1.44 bits per heavy atom. The second-order valence-corrected chi connectivity index (χ2v) is 4.18. The molecule has 1 heterocycles. The van der Waals surface area contributed by atoms with Gasteiger partial charge in [0, 0.05) is 6.54 Å². The number of nitrogens with zero attached hydrogens (tertiary/aromatic N) is 1. The third-order valence-corrected chi connectivity index (χ3v) is 3.09. The van der Waals surface area contributed by atoms with Crippen LogP contribution >= 0.6 is 11.6 Å². The number of hydrogen-bond donors (Lipinski definition) is 0. The zero-order chi connectivity index (χ0) is 13.5. The standard InChI is InChI=1S/C11H9ClF3NO2/c1-2-16-7-4-3-6(9(12)11(13,14)15)5-8(7)18-10(16)17/h3-5,9H,2H2,1H3. The predicted molar refractivity (Wildman–Crippen MR) is 60.8 cm³/mol. The van der Waals surface area contributed by atoms with E-state index in [4.69, 9.17) is 16.0 Å². The van der Waals surface area contributed by atoms with Gasteiger partial charge < -0.3 is 4.42 Å². The van der Waals surface area contributed by atoms with Gasteiger partial charge in [0.25, 0.3) is 0 Å². The van der Waals surface area contributed by atoms with Gasteiger partial charge in [-0.3, -0.25) is 4.57 Å². The maximum Gasteiger partial charge on any atom is 0.419 e. The minimum atomic E-state index is -4.54. The molecule has 3 nitrogen and oxygen atoms in total. The molecule has 0 fully saturated rings. The van der Waals surface area contributed by atoms with Crippen molar-refractivity contribution in [3.8, 4) is 0 Å². The molecule has 0 N–H and O–H groups in total. The van der Waals surface area contributed by atoms with E-state index in [0.717, 1.165) is 6.07 Å². The average molecular weight is 280 g/mol. The summed E-state index contributed by atoms with van der Waals surface area (Å²) >= 11 is 5.31. The Kier molecular flexibility index (Phi) is 3.14. The van der Waals surface area contributed by atoms with Crippen LogP contribution < -0.4 is 5.76 Å². The van der Waals surface area contributed by atoms with Crippen LogP contribution in [0.5, 0.6) is 0 Å². The Hall–Kier alpha value is -1.43. The molecule has 0 aliphatic heterocycles. The molecule has 1 aromatic carbocycles. The van der Waals surface area contributed by atoms with E-state index in [9.17, 15) is 18.0 Å². The van der Waals surface area contributed by atoms with Gasteiger partial charge in [0.15, 0.2) is 11.0 Å². The summed E-state index contributed by atoms with van der Waals surface area (Å²) in [6, 6.07) is 3.79. The second kappa shape index (κ2) is 4.35. The molecule has 2 rings (SSSR count). The smallest absolute Gasteiger partial charge is 0.408 e.